The molecule has 0 unspecified atom stereocenters. The maximum absolute atomic E-state index is 12.1. The summed E-state index contributed by atoms with van der Waals surface area (Å²) >= 11 is 0. The van der Waals surface area contributed by atoms with E-state index in [0.29, 0.717) is 0 Å². The molecule has 0 saturated heterocycles. The number of aliphatic carboxylic acids is 1. The van der Waals surface area contributed by atoms with Gasteiger partial charge in [-0.05, 0) is 77.0 Å². The number of rotatable bonds is 34. The van der Waals surface area contributed by atoms with Crippen LogP contribution in [0.4, 0.5) is 0 Å². The Morgan fingerprint density at radius 2 is 0.638 bits per heavy atom. The fourth-order valence-electron chi connectivity index (χ4n) is 8.59. The van der Waals surface area contributed by atoms with E-state index in [1.165, 1.54) is 83.5 Å². The molecule has 4 rings (SSSR count). The van der Waals surface area contributed by atoms with Crippen molar-refractivity contribution < 1.29 is 41.1 Å². The van der Waals surface area contributed by atoms with Crippen LogP contribution in [0.2, 0.25) is 0 Å². The Morgan fingerprint density at radius 3 is 0.828 bits per heavy atom. The third kappa shape index (κ3) is 20.8. The molecule has 4 fully saturated rings. The summed E-state index contributed by atoms with van der Waals surface area (Å²) in [6.07, 6.45) is 36.8. The van der Waals surface area contributed by atoms with Crippen molar-refractivity contribution in [1.82, 2.24) is 6.15 Å². The third-order valence-corrected chi connectivity index (χ3v) is 15.1. The number of nitrogens with two attached hydrogens (primary N) is 1. The molecule has 340 valence electrons. The van der Waals surface area contributed by atoms with Crippen LogP contribution in [-0.2, 0) is 38.9 Å². The molecule has 0 aromatic rings. The summed E-state index contributed by atoms with van der Waals surface area (Å²) in [5.74, 6) is -1.38. The van der Waals surface area contributed by atoms with E-state index in [-0.39, 0.29) is 69.2 Å². The molecule has 4 saturated carbocycles. The van der Waals surface area contributed by atoms with Gasteiger partial charge in [0, 0.05) is 28.8 Å². The quantitative estimate of drug-likeness (QED) is 0.0520. The van der Waals surface area contributed by atoms with E-state index in [9.17, 15) is 36.0 Å². The minimum absolute atomic E-state index is 0. The zero-order chi connectivity index (χ0) is 41.4. The van der Waals surface area contributed by atoms with E-state index in [1.807, 2.05) is 0 Å². The van der Waals surface area contributed by atoms with Gasteiger partial charge in [0.05, 0.1) is 5.41 Å². The van der Waals surface area contributed by atoms with Crippen LogP contribution in [0.3, 0.4) is 0 Å². The number of Topliss-reactive ketones (excluding diaryl/α,β-unsaturated/α-hetero) is 2. The summed E-state index contributed by atoms with van der Waals surface area (Å²) in [5.41, 5.74) is 4.37. The molecule has 58 heavy (non-hydrogen) atoms. The van der Waals surface area contributed by atoms with Gasteiger partial charge in [0.1, 0.15) is 11.5 Å². The SMILES string of the molecule is CS(=O)(=O)CC(=O)C1(CCCCCCCCCCCCC2(C(=O)O)CC2)CC1.CS(=O)(=O)CC(=O)C1(CCCCCCCCCCCCC2(C(N)=O)CC2)CC1.Cl.N. The second-order valence-electron chi connectivity index (χ2n) is 18.8. The predicted molar refractivity (Wildman–Crippen MR) is 236 cm³/mol. The number of primary amides is 1. The lowest BCUT2D eigenvalue weighted by atomic mass is 9.94. The first kappa shape index (κ1) is 54.4. The fourth-order valence-corrected chi connectivity index (χ4v) is 10.2. The van der Waals surface area contributed by atoms with E-state index in [4.69, 9.17) is 10.8 Å². The largest absolute Gasteiger partial charge is 0.481 e. The Balaban J connectivity index is 0.000000561. The first-order valence-electron chi connectivity index (χ1n) is 22.3. The highest BCUT2D eigenvalue weighted by Crippen LogP contribution is 2.52. The van der Waals surface area contributed by atoms with Gasteiger partial charge in [-0.15, -0.1) is 12.4 Å². The van der Waals surface area contributed by atoms with Crippen molar-refractivity contribution in [3.63, 3.8) is 0 Å². The van der Waals surface area contributed by atoms with Gasteiger partial charge in [-0.1, -0.05) is 128 Å². The maximum atomic E-state index is 12.1. The van der Waals surface area contributed by atoms with Crippen molar-refractivity contribution in [3.05, 3.63) is 0 Å². The summed E-state index contributed by atoms with van der Waals surface area (Å²) in [4.78, 5) is 46.7. The number of carboxylic acid groups (broad SMARTS) is 1. The summed E-state index contributed by atoms with van der Waals surface area (Å²) in [5, 5.41) is 9.14. The lowest BCUT2D eigenvalue weighted by Gasteiger charge is -2.13. The first-order valence-corrected chi connectivity index (χ1v) is 26.5. The Hall–Kier alpha value is -1.57. The molecule has 0 heterocycles. The van der Waals surface area contributed by atoms with E-state index in [0.717, 1.165) is 135 Å². The molecule has 14 heteroatoms. The van der Waals surface area contributed by atoms with Gasteiger partial charge in [-0.2, -0.15) is 0 Å². The number of unbranched alkanes of at least 4 members (excludes halogenated alkanes) is 18. The molecule has 0 atom stereocenters. The summed E-state index contributed by atoms with van der Waals surface area (Å²) in [7, 11) is -6.40. The molecule has 6 N–H and O–H groups in total. The number of sulfone groups is 2. The summed E-state index contributed by atoms with van der Waals surface area (Å²) < 4.78 is 45.2. The molecule has 0 radical (unpaired) electrons. The Labute approximate surface area is 358 Å². The molecule has 4 aliphatic rings. The number of amides is 1. The molecule has 0 aromatic carbocycles. The van der Waals surface area contributed by atoms with Gasteiger partial charge in [0.2, 0.25) is 5.91 Å². The lowest BCUT2D eigenvalue weighted by molar-refractivity contribution is -0.143. The number of ketones is 2. The zero-order valence-corrected chi connectivity index (χ0v) is 38.7. The zero-order valence-electron chi connectivity index (χ0n) is 36.3. The number of carboxylic acids is 1. The third-order valence-electron chi connectivity index (χ3n) is 13.5. The average Bonchev–Trinajstić information content (AvgIpc) is 3.91. The van der Waals surface area contributed by atoms with Crippen LogP contribution in [0.5, 0.6) is 0 Å². The van der Waals surface area contributed by atoms with Crippen LogP contribution in [0, 0.1) is 21.7 Å². The number of hydrogen-bond donors (Lipinski definition) is 3. The lowest BCUT2D eigenvalue weighted by Crippen LogP contribution is -2.24. The molecule has 0 spiro atoms. The second-order valence-corrected chi connectivity index (χ2v) is 23.1. The van der Waals surface area contributed by atoms with Gasteiger partial charge >= 0.3 is 5.97 Å². The maximum Gasteiger partial charge on any atom is 0.309 e. The minimum Gasteiger partial charge on any atom is -0.481 e. The van der Waals surface area contributed by atoms with Crippen molar-refractivity contribution in [2.45, 2.75) is 205 Å². The van der Waals surface area contributed by atoms with E-state index in [1.54, 1.807) is 0 Å². The van der Waals surface area contributed by atoms with Crippen LogP contribution in [0.1, 0.15) is 205 Å². The Kier molecular flexibility index (Phi) is 23.8. The molecular formula is C44H81ClN2O9S2. The first-order chi connectivity index (χ1) is 26.4. The predicted octanol–water partition coefficient (Wildman–Crippen LogP) is 9.84. The van der Waals surface area contributed by atoms with Crippen molar-refractivity contribution in [2.24, 2.45) is 27.4 Å². The van der Waals surface area contributed by atoms with Crippen LogP contribution < -0.4 is 11.9 Å². The number of halogens is 1. The average molecular weight is 882 g/mol. The Morgan fingerprint density at radius 1 is 0.431 bits per heavy atom. The van der Waals surface area contributed by atoms with Crippen LogP contribution in [-0.4, -0.2) is 69.4 Å². The number of hydrogen-bond acceptors (Lipinski definition) is 9. The second kappa shape index (κ2) is 25.4. The van der Waals surface area contributed by atoms with Gasteiger partial charge in [0.15, 0.2) is 31.2 Å². The van der Waals surface area contributed by atoms with Gasteiger partial charge in [-0.25, -0.2) is 16.8 Å². The monoisotopic (exact) mass is 881 g/mol. The molecule has 0 aromatic heterocycles. The molecular weight excluding hydrogens is 800 g/mol. The molecule has 0 bridgehead atoms. The highest BCUT2D eigenvalue weighted by atomic mass is 35.5. The standard InChI is InChI=1S/C22H39NO4S.C22H38O5S.ClH.H3N/c1-28(26,27)18-19(24)21(14-15-21)12-10-8-6-4-2-3-5-7-9-11-13-22(16-17-22)20(23)25;1-28(26,27)18-19(23)21(14-15-21)12-10-8-6-4-2-3-5-7-9-11-13-22(16-17-22)20(24)25;;/h2-18H2,1H3,(H2,23,25);2-18H2,1H3,(H,24,25);1H;1H3. The normalized spacial score (nSPS) is 18.7. The number of carbonyl (C=O) groups is 4. The van der Waals surface area contributed by atoms with Crippen molar-refractivity contribution in [2.75, 3.05) is 24.0 Å². The highest BCUT2D eigenvalue weighted by molar-refractivity contribution is 7.91. The smallest absolute Gasteiger partial charge is 0.309 e. The van der Waals surface area contributed by atoms with Crippen LogP contribution >= 0.6 is 12.4 Å². The van der Waals surface area contributed by atoms with Crippen LogP contribution in [0.15, 0.2) is 0 Å². The van der Waals surface area contributed by atoms with Crippen LogP contribution in [0.25, 0.3) is 0 Å². The van der Waals surface area contributed by atoms with E-state index in [2.05, 4.69) is 0 Å². The summed E-state index contributed by atoms with van der Waals surface area (Å²) in [6, 6.07) is 0. The molecule has 0 aliphatic heterocycles. The van der Waals surface area contributed by atoms with Crippen molar-refractivity contribution in [3.8, 4) is 0 Å². The summed E-state index contributed by atoms with van der Waals surface area (Å²) in [6.45, 7) is 0. The highest BCUT2D eigenvalue weighted by Gasteiger charge is 2.51. The van der Waals surface area contributed by atoms with Crippen molar-refractivity contribution in [1.29, 1.82) is 0 Å². The molecule has 4 aliphatic carbocycles. The van der Waals surface area contributed by atoms with E-state index < -0.39 is 25.6 Å². The number of carbonyl (C=O) groups excluding carboxylic acids is 3. The Bertz CT molecular complexity index is 1390. The van der Waals surface area contributed by atoms with Gasteiger partial charge < -0.3 is 17.0 Å². The molecule has 1 amide bonds. The van der Waals surface area contributed by atoms with Gasteiger partial charge in [0.25, 0.3) is 0 Å². The van der Waals surface area contributed by atoms with Gasteiger partial charge in [-0.3, -0.25) is 19.2 Å². The fraction of sp³-hybridized carbons (Fsp3) is 0.909. The van der Waals surface area contributed by atoms with Crippen molar-refractivity contribution >= 4 is 55.5 Å². The van der Waals surface area contributed by atoms with E-state index >= 15 is 0 Å². The molecule has 11 nitrogen and oxygen atoms in total. The minimum atomic E-state index is -3.20. The topological polar surface area (TPSA) is 218 Å².